The van der Waals surface area contributed by atoms with Crippen molar-refractivity contribution in [3.8, 4) is 0 Å². The van der Waals surface area contributed by atoms with Gasteiger partial charge in [0, 0.05) is 18.5 Å². The molecule has 0 spiro atoms. The number of hydrogen-bond acceptors (Lipinski definition) is 3. The van der Waals surface area contributed by atoms with Crippen molar-refractivity contribution in [2.75, 3.05) is 13.1 Å². The minimum absolute atomic E-state index is 1.04. The Morgan fingerprint density at radius 3 is 2.91 bits per heavy atom. The van der Waals surface area contributed by atoms with Gasteiger partial charge in [-0.05, 0) is 18.6 Å². The van der Waals surface area contributed by atoms with Crippen molar-refractivity contribution in [1.29, 1.82) is 0 Å². The fourth-order valence-corrected chi connectivity index (χ4v) is 1.60. The van der Waals surface area contributed by atoms with Gasteiger partial charge in [-0.25, -0.2) is 4.98 Å². The van der Waals surface area contributed by atoms with E-state index in [4.69, 9.17) is 0 Å². The summed E-state index contributed by atoms with van der Waals surface area (Å²) in [4.78, 5) is 4.35. The molecule has 1 saturated heterocycles. The second-order valence-electron chi connectivity index (χ2n) is 2.70. The molecule has 1 aromatic heterocycles. The van der Waals surface area contributed by atoms with Gasteiger partial charge in [0.2, 0.25) is 0 Å². The Bertz CT molecular complexity index is 282. The average Bonchev–Trinajstić information content (AvgIpc) is 2.27. The molecule has 1 aliphatic heterocycles. The third-order valence-corrected chi connectivity index (χ3v) is 2.48. The van der Waals surface area contributed by atoms with Crippen molar-refractivity contribution in [3.05, 3.63) is 21.7 Å². The molecule has 2 heterocycles. The summed E-state index contributed by atoms with van der Waals surface area (Å²) >= 11 is 1.70. The fourth-order valence-electron chi connectivity index (χ4n) is 1.03. The van der Waals surface area contributed by atoms with Gasteiger partial charge in [-0.1, -0.05) is 0 Å². The Hall–Kier alpha value is -0.670. The van der Waals surface area contributed by atoms with Crippen LogP contribution in [-0.4, -0.2) is 18.1 Å². The van der Waals surface area contributed by atoms with Crippen molar-refractivity contribution in [1.82, 2.24) is 10.3 Å². The van der Waals surface area contributed by atoms with E-state index in [1.807, 2.05) is 6.92 Å². The minimum atomic E-state index is 1.04. The van der Waals surface area contributed by atoms with Gasteiger partial charge in [-0.15, -0.1) is 11.3 Å². The summed E-state index contributed by atoms with van der Waals surface area (Å²) in [6.07, 6.45) is 2.17. The number of aromatic nitrogens is 1. The molecule has 0 aromatic carbocycles. The van der Waals surface area contributed by atoms with Crippen molar-refractivity contribution in [2.45, 2.75) is 6.92 Å². The molecule has 1 fully saturated rings. The lowest BCUT2D eigenvalue weighted by molar-refractivity contribution is 0.674. The zero-order valence-electron chi connectivity index (χ0n) is 6.42. The third kappa shape index (κ3) is 1.49. The normalized spacial score (nSPS) is 16.3. The number of hydrogen-bond donors (Lipinski definition) is 1. The monoisotopic (exact) mass is 166 g/mol. The predicted molar refractivity (Wildman–Crippen MR) is 47.7 cm³/mol. The second kappa shape index (κ2) is 2.75. The van der Waals surface area contributed by atoms with Crippen molar-refractivity contribution >= 4 is 17.4 Å². The standard InChI is InChI=1S/C8H10N2S/c1-6-10-8(5-11-6)2-7-3-9-4-7/h2,5,9H,3-4H2,1H3. The first-order chi connectivity index (χ1) is 5.34. The Labute approximate surface area is 70.0 Å². The molecular weight excluding hydrogens is 156 g/mol. The highest BCUT2D eigenvalue weighted by Gasteiger charge is 2.06. The summed E-state index contributed by atoms with van der Waals surface area (Å²) in [5.41, 5.74) is 2.57. The lowest BCUT2D eigenvalue weighted by atomic mass is 10.1. The van der Waals surface area contributed by atoms with Crippen LogP contribution in [0.3, 0.4) is 0 Å². The molecule has 0 radical (unpaired) electrons. The molecule has 0 amide bonds. The van der Waals surface area contributed by atoms with Gasteiger partial charge in [0.1, 0.15) is 0 Å². The van der Waals surface area contributed by atoms with Crippen LogP contribution in [0.2, 0.25) is 0 Å². The van der Waals surface area contributed by atoms with Gasteiger partial charge < -0.3 is 5.32 Å². The number of rotatable bonds is 1. The molecule has 11 heavy (non-hydrogen) atoms. The average molecular weight is 166 g/mol. The maximum absolute atomic E-state index is 4.35. The van der Waals surface area contributed by atoms with Crippen LogP contribution in [-0.2, 0) is 0 Å². The van der Waals surface area contributed by atoms with E-state index in [0.717, 1.165) is 23.8 Å². The molecule has 58 valence electrons. The maximum atomic E-state index is 4.35. The molecule has 0 unspecified atom stereocenters. The van der Waals surface area contributed by atoms with E-state index >= 15 is 0 Å². The van der Waals surface area contributed by atoms with Crippen LogP contribution in [0, 0.1) is 6.92 Å². The largest absolute Gasteiger partial charge is 0.309 e. The molecule has 1 aromatic rings. The van der Waals surface area contributed by atoms with Crippen LogP contribution in [0.4, 0.5) is 0 Å². The highest BCUT2D eigenvalue weighted by atomic mass is 32.1. The molecule has 1 aliphatic rings. The molecule has 3 heteroatoms. The zero-order valence-corrected chi connectivity index (χ0v) is 7.24. The fraction of sp³-hybridized carbons (Fsp3) is 0.375. The lowest BCUT2D eigenvalue weighted by Gasteiger charge is -2.17. The molecule has 2 rings (SSSR count). The van der Waals surface area contributed by atoms with Crippen LogP contribution in [0.1, 0.15) is 10.7 Å². The van der Waals surface area contributed by atoms with Crippen LogP contribution < -0.4 is 5.32 Å². The van der Waals surface area contributed by atoms with Crippen molar-refractivity contribution < 1.29 is 0 Å². The Morgan fingerprint density at radius 2 is 2.45 bits per heavy atom. The molecule has 1 N–H and O–H groups in total. The summed E-state index contributed by atoms with van der Waals surface area (Å²) < 4.78 is 0. The van der Waals surface area contributed by atoms with Crippen LogP contribution in [0.15, 0.2) is 11.0 Å². The maximum Gasteiger partial charge on any atom is 0.0901 e. The van der Waals surface area contributed by atoms with Crippen molar-refractivity contribution in [2.24, 2.45) is 0 Å². The number of nitrogens with one attached hydrogen (secondary N) is 1. The minimum Gasteiger partial charge on any atom is -0.309 e. The summed E-state index contributed by atoms with van der Waals surface area (Å²) in [5, 5.41) is 6.44. The van der Waals surface area contributed by atoms with E-state index < -0.39 is 0 Å². The smallest absolute Gasteiger partial charge is 0.0901 e. The highest BCUT2D eigenvalue weighted by molar-refractivity contribution is 7.09. The van der Waals surface area contributed by atoms with Gasteiger partial charge in [0.15, 0.2) is 0 Å². The molecule has 2 nitrogen and oxygen atoms in total. The second-order valence-corrected chi connectivity index (χ2v) is 3.76. The SMILES string of the molecule is Cc1nc(C=C2CNC2)cs1. The van der Waals surface area contributed by atoms with E-state index in [9.17, 15) is 0 Å². The van der Waals surface area contributed by atoms with Gasteiger partial charge in [0.25, 0.3) is 0 Å². The summed E-state index contributed by atoms with van der Waals surface area (Å²) in [6, 6.07) is 0. The van der Waals surface area contributed by atoms with Gasteiger partial charge in [-0.3, -0.25) is 0 Å². The Morgan fingerprint density at radius 1 is 1.64 bits per heavy atom. The quantitative estimate of drug-likeness (QED) is 0.683. The van der Waals surface area contributed by atoms with E-state index in [2.05, 4.69) is 21.8 Å². The Kier molecular flexibility index (Phi) is 1.75. The summed E-state index contributed by atoms with van der Waals surface area (Å²) in [5.74, 6) is 0. The van der Waals surface area contributed by atoms with Gasteiger partial charge in [-0.2, -0.15) is 0 Å². The van der Waals surface area contributed by atoms with Crippen LogP contribution >= 0.6 is 11.3 Å². The van der Waals surface area contributed by atoms with E-state index in [1.165, 1.54) is 5.57 Å². The Balaban J connectivity index is 2.17. The summed E-state index contributed by atoms with van der Waals surface area (Å²) in [7, 11) is 0. The van der Waals surface area contributed by atoms with Crippen molar-refractivity contribution in [3.63, 3.8) is 0 Å². The molecule has 0 saturated carbocycles. The van der Waals surface area contributed by atoms with Gasteiger partial charge in [0.05, 0.1) is 10.7 Å². The molecule has 0 bridgehead atoms. The lowest BCUT2D eigenvalue weighted by Crippen LogP contribution is -2.33. The molecular formula is C8H10N2S. The number of nitrogens with zero attached hydrogens (tertiary/aromatic N) is 1. The first kappa shape index (κ1) is 7.00. The first-order valence-corrected chi connectivity index (χ1v) is 4.55. The first-order valence-electron chi connectivity index (χ1n) is 3.67. The van der Waals surface area contributed by atoms with Crippen LogP contribution in [0.5, 0.6) is 0 Å². The zero-order chi connectivity index (χ0) is 7.68. The van der Waals surface area contributed by atoms with Crippen LogP contribution in [0.25, 0.3) is 6.08 Å². The van der Waals surface area contributed by atoms with E-state index in [0.29, 0.717) is 0 Å². The van der Waals surface area contributed by atoms with E-state index in [-0.39, 0.29) is 0 Å². The highest BCUT2D eigenvalue weighted by Crippen LogP contribution is 2.13. The predicted octanol–water partition coefficient (Wildman–Crippen LogP) is 1.44. The van der Waals surface area contributed by atoms with Gasteiger partial charge >= 0.3 is 0 Å². The number of thiazole rings is 1. The number of aryl methyl sites for hydroxylation is 1. The molecule has 0 aliphatic carbocycles. The third-order valence-electron chi connectivity index (χ3n) is 1.69. The topological polar surface area (TPSA) is 24.9 Å². The van der Waals surface area contributed by atoms with E-state index in [1.54, 1.807) is 11.3 Å². The molecule has 0 atom stereocenters. The summed E-state index contributed by atoms with van der Waals surface area (Å²) in [6.45, 7) is 4.11.